The zero-order chi connectivity index (χ0) is 22.4. The topological polar surface area (TPSA) is 52.7 Å². The normalized spacial score (nSPS) is 14.4. The van der Waals surface area contributed by atoms with Gasteiger partial charge in [0.1, 0.15) is 5.82 Å². The van der Waals surface area contributed by atoms with Crippen LogP contribution in [0.3, 0.4) is 0 Å². The highest BCUT2D eigenvalue weighted by Gasteiger charge is 2.22. The number of halogens is 1. The van der Waals surface area contributed by atoms with Crippen molar-refractivity contribution < 1.29 is 14.0 Å². The molecule has 2 amide bonds. The van der Waals surface area contributed by atoms with Crippen LogP contribution < -0.4 is 5.32 Å². The van der Waals surface area contributed by atoms with E-state index < -0.39 is 0 Å². The summed E-state index contributed by atoms with van der Waals surface area (Å²) < 4.78 is 13.3. The molecule has 2 aromatic rings. The number of carbonyl (C=O) groups is 2. The summed E-state index contributed by atoms with van der Waals surface area (Å²) in [7, 11) is 0. The summed E-state index contributed by atoms with van der Waals surface area (Å²) in [5.74, 6) is -0.382. The number of benzene rings is 2. The fraction of sp³-hybridized carbons (Fsp3) is 0.440. The minimum Gasteiger partial charge on any atom is -0.340 e. The Labute approximate surface area is 184 Å². The van der Waals surface area contributed by atoms with Gasteiger partial charge in [-0.2, -0.15) is 0 Å². The van der Waals surface area contributed by atoms with E-state index in [0.717, 1.165) is 24.2 Å². The first-order valence-electron chi connectivity index (χ1n) is 10.9. The van der Waals surface area contributed by atoms with Gasteiger partial charge in [-0.3, -0.25) is 9.59 Å². The van der Waals surface area contributed by atoms with Gasteiger partial charge in [0.2, 0.25) is 5.91 Å². The van der Waals surface area contributed by atoms with Crippen molar-refractivity contribution in [1.29, 1.82) is 0 Å². The van der Waals surface area contributed by atoms with Crippen LogP contribution in [-0.2, 0) is 16.8 Å². The van der Waals surface area contributed by atoms with E-state index in [1.807, 2.05) is 29.2 Å². The second-order valence-corrected chi connectivity index (χ2v) is 9.06. The summed E-state index contributed by atoms with van der Waals surface area (Å²) in [6, 6.07) is 13.8. The van der Waals surface area contributed by atoms with E-state index in [4.69, 9.17) is 0 Å². The molecule has 1 saturated heterocycles. The van der Waals surface area contributed by atoms with Gasteiger partial charge in [0.15, 0.2) is 0 Å². The largest absolute Gasteiger partial charge is 0.340 e. The van der Waals surface area contributed by atoms with Crippen LogP contribution in [0.4, 0.5) is 4.39 Å². The summed E-state index contributed by atoms with van der Waals surface area (Å²) in [5.41, 5.74) is 2.58. The molecule has 3 rings (SSSR count). The number of nitrogens with zero attached hydrogens (tertiary/aromatic N) is 2. The number of hydrogen-bond donors (Lipinski definition) is 1. The van der Waals surface area contributed by atoms with Gasteiger partial charge in [0.25, 0.3) is 5.91 Å². The van der Waals surface area contributed by atoms with E-state index in [1.54, 1.807) is 17.0 Å². The zero-order valence-electron chi connectivity index (χ0n) is 18.7. The van der Waals surface area contributed by atoms with Gasteiger partial charge < -0.3 is 15.1 Å². The maximum absolute atomic E-state index is 13.3. The van der Waals surface area contributed by atoms with Crippen molar-refractivity contribution in [3.63, 3.8) is 0 Å². The van der Waals surface area contributed by atoms with E-state index >= 15 is 0 Å². The number of piperazine rings is 1. The zero-order valence-corrected chi connectivity index (χ0v) is 18.7. The molecule has 5 nitrogen and oxygen atoms in total. The van der Waals surface area contributed by atoms with Crippen LogP contribution in [0.1, 0.15) is 48.7 Å². The molecule has 0 radical (unpaired) electrons. The smallest absolute Gasteiger partial charge is 0.254 e. The van der Waals surface area contributed by atoms with Gasteiger partial charge in [-0.25, -0.2) is 4.39 Å². The third-order valence-electron chi connectivity index (χ3n) is 5.64. The Bertz CT molecular complexity index is 882. The van der Waals surface area contributed by atoms with Crippen LogP contribution in [0.5, 0.6) is 0 Å². The Kier molecular flexibility index (Phi) is 7.44. The number of amides is 2. The summed E-state index contributed by atoms with van der Waals surface area (Å²) in [4.78, 5) is 29.4. The predicted octanol–water partition coefficient (Wildman–Crippen LogP) is 3.59. The number of carbonyl (C=O) groups excluding carboxylic acids is 2. The van der Waals surface area contributed by atoms with Crippen LogP contribution in [-0.4, -0.2) is 54.3 Å². The molecular weight excluding hydrogens is 393 g/mol. The highest BCUT2D eigenvalue weighted by Crippen LogP contribution is 2.23. The second kappa shape index (κ2) is 10.1. The van der Waals surface area contributed by atoms with E-state index in [9.17, 15) is 14.0 Å². The highest BCUT2D eigenvalue weighted by molar-refractivity contribution is 5.94. The maximum atomic E-state index is 13.3. The number of rotatable bonds is 6. The molecule has 0 bridgehead atoms. The van der Waals surface area contributed by atoms with E-state index in [0.29, 0.717) is 31.7 Å². The van der Waals surface area contributed by atoms with Crippen molar-refractivity contribution in [2.75, 3.05) is 32.7 Å². The number of nitrogens with one attached hydrogen (secondary N) is 1. The molecule has 1 N–H and O–H groups in total. The fourth-order valence-corrected chi connectivity index (χ4v) is 3.66. The Hall–Kier alpha value is -2.73. The molecule has 0 aliphatic carbocycles. The Morgan fingerprint density at radius 3 is 2.19 bits per heavy atom. The first-order chi connectivity index (χ1) is 14.7. The second-order valence-electron chi connectivity index (χ2n) is 9.06. The van der Waals surface area contributed by atoms with Gasteiger partial charge in [0, 0.05) is 51.3 Å². The highest BCUT2D eigenvalue weighted by atomic mass is 19.1. The summed E-state index contributed by atoms with van der Waals surface area (Å²) >= 11 is 0. The SMILES string of the molecule is CC(C)(C)c1ccc(C(=O)N(CCC(=O)N2CCNCC2)Cc2ccc(F)cc2)cc1. The Morgan fingerprint density at radius 1 is 1.00 bits per heavy atom. The molecule has 0 unspecified atom stereocenters. The minimum atomic E-state index is -0.312. The van der Waals surface area contributed by atoms with Crippen LogP contribution in [0, 0.1) is 5.82 Å². The molecule has 0 spiro atoms. The molecule has 1 aliphatic rings. The lowest BCUT2D eigenvalue weighted by Crippen LogP contribution is -2.47. The van der Waals surface area contributed by atoms with Crippen molar-refractivity contribution in [3.8, 4) is 0 Å². The third-order valence-corrected chi connectivity index (χ3v) is 5.64. The minimum absolute atomic E-state index is 0.00505. The lowest BCUT2D eigenvalue weighted by molar-refractivity contribution is -0.132. The van der Waals surface area contributed by atoms with Crippen molar-refractivity contribution >= 4 is 11.8 Å². The van der Waals surface area contributed by atoms with E-state index in [2.05, 4.69) is 26.1 Å². The van der Waals surface area contributed by atoms with Gasteiger partial charge >= 0.3 is 0 Å². The summed E-state index contributed by atoms with van der Waals surface area (Å²) in [5, 5.41) is 3.24. The van der Waals surface area contributed by atoms with Gasteiger partial charge in [-0.05, 0) is 40.8 Å². The van der Waals surface area contributed by atoms with Crippen molar-refractivity contribution in [1.82, 2.24) is 15.1 Å². The molecule has 1 fully saturated rings. The van der Waals surface area contributed by atoms with Crippen molar-refractivity contribution in [3.05, 3.63) is 71.0 Å². The summed E-state index contributed by atoms with van der Waals surface area (Å²) in [6.45, 7) is 10.0. The van der Waals surface area contributed by atoms with Crippen LogP contribution in [0.25, 0.3) is 0 Å². The average molecular weight is 426 g/mol. The monoisotopic (exact) mass is 425 g/mol. The molecular formula is C25H32FN3O2. The molecule has 2 aromatic carbocycles. The molecule has 0 aromatic heterocycles. The Morgan fingerprint density at radius 2 is 1.61 bits per heavy atom. The summed E-state index contributed by atoms with van der Waals surface area (Å²) in [6.07, 6.45) is 0.271. The van der Waals surface area contributed by atoms with Gasteiger partial charge in [0.05, 0.1) is 0 Å². The molecule has 1 heterocycles. The quantitative estimate of drug-likeness (QED) is 0.770. The molecule has 31 heavy (non-hydrogen) atoms. The average Bonchev–Trinajstić information content (AvgIpc) is 2.77. The van der Waals surface area contributed by atoms with Crippen molar-refractivity contribution in [2.24, 2.45) is 0 Å². The lowest BCUT2D eigenvalue weighted by Gasteiger charge is -2.29. The first kappa shape index (κ1) is 22.9. The molecule has 0 atom stereocenters. The maximum Gasteiger partial charge on any atom is 0.254 e. The van der Waals surface area contributed by atoms with Crippen LogP contribution in [0.2, 0.25) is 0 Å². The van der Waals surface area contributed by atoms with Crippen LogP contribution >= 0.6 is 0 Å². The molecule has 1 aliphatic heterocycles. The predicted molar refractivity (Wildman–Crippen MR) is 120 cm³/mol. The third kappa shape index (κ3) is 6.37. The molecule has 6 heteroatoms. The lowest BCUT2D eigenvalue weighted by atomic mass is 9.86. The first-order valence-corrected chi connectivity index (χ1v) is 10.9. The van der Waals surface area contributed by atoms with Crippen molar-refractivity contribution in [2.45, 2.75) is 39.2 Å². The van der Waals surface area contributed by atoms with E-state index in [-0.39, 0.29) is 29.5 Å². The van der Waals surface area contributed by atoms with Crippen LogP contribution in [0.15, 0.2) is 48.5 Å². The van der Waals surface area contributed by atoms with Gasteiger partial charge in [-0.1, -0.05) is 45.0 Å². The standard InChI is InChI=1S/C25H32FN3O2/c1-25(2,3)21-8-6-20(7-9-21)24(31)29(18-19-4-10-22(26)11-5-19)15-12-23(30)28-16-13-27-14-17-28/h4-11,27H,12-18H2,1-3H3. The van der Waals surface area contributed by atoms with Gasteiger partial charge in [-0.15, -0.1) is 0 Å². The molecule has 0 saturated carbocycles. The molecule has 166 valence electrons. The number of hydrogen-bond acceptors (Lipinski definition) is 3. The fourth-order valence-electron chi connectivity index (χ4n) is 3.66. The Balaban J connectivity index is 1.74. The van der Waals surface area contributed by atoms with E-state index in [1.165, 1.54) is 12.1 Å².